The molecule has 1 aliphatic heterocycles. The highest BCUT2D eigenvalue weighted by Crippen LogP contribution is 2.45. The molecule has 5 rings (SSSR count). The first kappa shape index (κ1) is 19.5. The van der Waals surface area contributed by atoms with E-state index in [9.17, 15) is 4.79 Å². The summed E-state index contributed by atoms with van der Waals surface area (Å²) in [5.74, 6) is 0.329. The van der Waals surface area contributed by atoms with Crippen LogP contribution in [0.5, 0.6) is 5.75 Å². The zero-order valence-electron chi connectivity index (χ0n) is 17.2. The average molecular weight is 432 g/mol. The molecule has 2 N–H and O–H groups in total. The lowest BCUT2D eigenvalue weighted by atomic mass is 9.99. The molecule has 6 nitrogen and oxygen atoms in total. The van der Waals surface area contributed by atoms with Gasteiger partial charge in [-0.05, 0) is 37.4 Å². The molecule has 3 heterocycles. The molecule has 156 valence electrons. The van der Waals surface area contributed by atoms with Crippen molar-refractivity contribution < 1.29 is 14.3 Å². The van der Waals surface area contributed by atoms with Crippen LogP contribution in [0.15, 0.2) is 59.6 Å². The highest BCUT2D eigenvalue weighted by atomic mass is 32.2. The Bertz CT molecular complexity index is 1320. The van der Waals surface area contributed by atoms with Crippen LogP contribution in [0.25, 0.3) is 27.8 Å². The van der Waals surface area contributed by atoms with Crippen molar-refractivity contribution >= 4 is 34.3 Å². The standard InChI is InChI=1S/C24H21N3O3S/c1-3-29-24(28)22-21-18(23(31-2)27(22)14-9-5-4-6-10-14)19(25)16-13-30-17-12-8-7-11-15(17)20(16)26-21/h4-12H,3,13,25H2,1-2H3. The molecule has 0 radical (unpaired) electrons. The number of hydrogen-bond acceptors (Lipinski definition) is 6. The Hall–Kier alpha value is -3.45. The Morgan fingerprint density at radius 2 is 1.94 bits per heavy atom. The van der Waals surface area contributed by atoms with Crippen LogP contribution in [0.1, 0.15) is 23.0 Å². The minimum absolute atomic E-state index is 0.270. The van der Waals surface area contributed by atoms with E-state index in [1.807, 2.05) is 65.4 Å². The van der Waals surface area contributed by atoms with Gasteiger partial charge < -0.3 is 15.2 Å². The number of benzene rings is 2. The number of thioether (sulfide) groups is 1. The fourth-order valence-corrected chi connectivity index (χ4v) is 4.85. The molecule has 7 heteroatoms. The second kappa shape index (κ2) is 7.67. The number of fused-ring (bicyclic) bond motifs is 4. The second-order valence-corrected chi connectivity index (χ2v) is 7.91. The molecule has 0 bridgehead atoms. The lowest BCUT2D eigenvalue weighted by Crippen LogP contribution is -2.13. The summed E-state index contributed by atoms with van der Waals surface area (Å²) in [7, 11) is 0. The highest BCUT2D eigenvalue weighted by molar-refractivity contribution is 7.98. The van der Waals surface area contributed by atoms with Crippen molar-refractivity contribution in [2.24, 2.45) is 0 Å². The van der Waals surface area contributed by atoms with Gasteiger partial charge in [0, 0.05) is 16.8 Å². The Balaban J connectivity index is 1.92. The van der Waals surface area contributed by atoms with Gasteiger partial charge in [-0.25, -0.2) is 9.78 Å². The predicted octanol–water partition coefficient (Wildman–Crippen LogP) is 5.07. The molecule has 0 unspecified atom stereocenters. The summed E-state index contributed by atoms with van der Waals surface area (Å²) >= 11 is 1.52. The van der Waals surface area contributed by atoms with Crippen LogP contribution in [-0.4, -0.2) is 28.4 Å². The van der Waals surface area contributed by atoms with Crippen molar-refractivity contribution in [2.75, 3.05) is 18.6 Å². The zero-order valence-corrected chi connectivity index (χ0v) is 18.0. The largest absolute Gasteiger partial charge is 0.488 e. The number of rotatable bonds is 4. The Morgan fingerprint density at radius 1 is 1.19 bits per heavy atom. The summed E-state index contributed by atoms with van der Waals surface area (Å²) < 4.78 is 13.3. The molecule has 2 aromatic heterocycles. The maximum Gasteiger partial charge on any atom is 0.357 e. The van der Waals surface area contributed by atoms with Crippen molar-refractivity contribution in [1.29, 1.82) is 0 Å². The Labute approximate surface area is 184 Å². The zero-order chi connectivity index (χ0) is 21.5. The van der Waals surface area contributed by atoms with E-state index < -0.39 is 5.97 Å². The van der Waals surface area contributed by atoms with Crippen LogP contribution < -0.4 is 10.5 Å². The van der Waals surface area contributed by atoms with E-state index in [4.69, 9.17) is 20.2 Å². The number of nitrogens with two attached hydrogens (primary N) is 1. The van der Waals surface area contributed by atoms with Gasteiger partial charge in [0.2, 0.25) is 0 Å². The number of anilines is 1. The normalized spacial score (nSPS) is 12.2. The first-order valence-electron chi connectivity index (χ1n) is 10.0. The van der Waals surface area contributed by atoms with Crippen LogP contribution >= 0.6 is 11.8 Å². The summed E-state index contributed by atoms with van der Waals surface area (Å²) in [6.45, 7) is 2.40. The summed E-state index contributed by atoms with van der Waals surface area (Å²) in [5.41, 5.74) is 11.5. The third-order valence-electron chi connectivity index (χ3n) is 5.40. The molecule has 0 aliphatic carbocycles. The Kier molecular flexibility index (Phi) is 4.82. The summed E-state index contributed by atoms with van der Waals surface area (Å²) in [6.07, 6.45) is 1.97. The quantitative estimate of drug-likeness (QED) is 0.359. The molecule has 31 heavy (non-hydrogen) atoms. The van der Waals surface area contributed by atoms with Crippen molar-refractivity contribution in [1.82, 2.24) is 9.55 Å². The smallest absolute Gasteiger partial charge is 0.357 e. The molecule has 0 saturated carbocycles. The Morgan fingerprint density at radius 3 is 2.68 bits per heavy atom. The van der Waals surface area contributed by atoms with E-state index in [2.05, 4.69) is 0 Å². The second-order valence-electron chi connectivity index (χ2n) is 7.11. The van der Waals surface area contributed by atoms with Gasteiger partial charge in [-0.3, -0.25) is 4.57 Å². The van der Waals surface area contributed by atoms with E-state index >= 15 is 0 Å². The minimum atomic E-state index is -0.427. The van der Waals surface area contributed by atoms with Crippen molar-refractivity contribution in [3.63, 3.8) is 0 Å². The third-order valence-corrected chi connectivity index (χ3v) is 6.17. The van der Waals surface area contributed by atoms with Crippen LogP contribution in [0.2, 0.25) is 0 Å². The predicted molar refractivity (Wildman–Crippen MR) is 123 cm³/mol. The first-order chi connectivity index (χ1) is 15.2. The van der Waals surface area contributed by atoms with Crippen LogP contribution in [0.3, 0.4) is 0 Å². The third kappa shape index (κ3) is 2.96. The molecule has 1 aliphatic rings. The number of esters is 1. The van der Waals surface area contributed by atoms with Gasteiger partial charge in [0.25, 0.3) is 0 Å². The van der Waals surface area contributed by atoms with Crippen LogP contribution in [0.4, 0.5) is 5.69 Å². The monoisotopic (exact) mass is 431 g/mol. The number of nitrogens with zero attached hydrogens (tertiary/aromatic N) is 2. The van der Waals surface area contributed by atoms with E-state index in [1.165, 1.54) is 11.8 Å². The summed E-state index contributed by atoms with van der Waals surface area (Å²) in [4.78, 5) is 18.1. The number of hydrogen-bond donors (Lipinski definition) is 1. The number of carbonyl (C=O) groups is 1. The van der Waals surface area contributed by atoms with Crippen LogP contribution in [-0.2, 0) is 11.3 Å². The topological polar surface area (TPSA) is 79.4 Å². The maximum atomic E-state index is 13.1. The average Bonchev–Trinajstić information content (AvgIpc) is 3.14. The van der Waals surface area contributed by atoms with Crippen molar-refractivity contribution in [3.05, 3.63) is 65.9 Å². The first-order valence-corrected chi connectivity index (χ1v) is 11.2. The molecule has 0 atom stereocenters. The molecular formula is C24H21N3O3S. The molecule has 0 amide bonds. The summed E-state index contributed by atoms with van der Waals surface area (Å²) in [6, 6.07) is 17.5. The van der Waals surface area contributed by atoms with Gasteiger partial charge in [-0.15, -0.1) is 11.8 Å². The molecular weight excluding hydrogens is 410 g/mol. The number of aromatic nitrogens is 2. The highest BCUT2D eigenvalue weighted by Gasteiger charge is 2.31. The molecule has 2 aromatic carbocycles. The van der Waals surface area contributed by atoms with Gasteiger partial charge in [0.1, 0.15) is 17.9 Å². The maximum absolute atomic E-state index is 13.1. The lowest BCUT2D eigenvalue weighted by Gasteiger charge is -2.21. The van der Waals surface area contributed by atoms with Gasteiger partial charge >= 0.3 is 5.97 Å². The van der Waals surface area contributed by atoms with E-state index in [-0.39, 0.29) is 6.61 Å². The van der Waals surface area contributed by atoms with Crippen LogP contribution in [0, 0.1) is 0 Å². The fraction of sp³-hybridized carbons (Fsp3) is 0.167. The van der Waals surface area contributed by atoms with E-state index in [1.54, 1.807) is 6.92 Å². The van der Waals surface area contributed by atoms with Crippen molar-refractivity contribution in [2.45, 2.75) is 18.6 Å². The van der Waals surface area contributed by atoms with Gasteiger partial charge in [-0.1, -0.05) is 30.3 Å². The van der Waals surface area contributed by atoms with Crippen molar-refractivity contribution in [3.8, 4) is 22.7 Å². The number of nitrogen functional groups attached to an aromatic ring is 1. The molecule has 0 fully saturated rings. The molecule has 0 spiro atoms. The molecule has 4 aromatic rings. The van der Waals surface area contributed by atoms with Gasteiger partial charge in [0.15, 0.2) is 5.69 Å². The SMILES string of the molecule is CCOC(=O)c1c2nc3c(c(N)c2c(SC)n1-c1ccccc1)COc1ccccc1-3. The van der Waals surface area contributed by atoms with E-state index in [0.29, 0.717) is 23.5 Å². The minimum Gasteiger partial charge on any atom is -0.488 e. The number of pyridine rings is 1. The lowest BCUT2D eigenvalue weighted by molar-refractivity contribution is 0.0518. The fourth-order valence-electron chi connectivity index (χ4n) is 4.06. The van der Waals surface area contributed by atoms with E-state index in [0.717, 1.165) is 38.7 Å². The number of ether oxygens (including phenoxy) is 2. The number of carbonyl (C=O) groups excluding carboxylic acids is 1. The summed E-state index contributed by atoms with van der Waals surface area (Å²) in [5, 5.41) is 1.59. The van der Waals surface area contributed by atoms with Gasteiger partial charge in [0.05, 0.1) is 28.4 Å². The number of para-hydroxylation sites is 2. The van der Waals surface area contributed by atoms with Gasteiger partial charge in [-0.2, -0.15) is 0 Å². The molecule has 0 saturated heterocycles.